The van der Waals surface area contributed by atoms with Crippen molar-refractivity contribution in [3.05, 3.63) is 23.4 Å². The zero-order chi connectivity index (χ0) is 21.8. The standard InChI is InChI=1S/C26H50O3Si/c1-4-7-10-18-23-27-30(28-24-19-11-8-5-2,29-25-20-12-9-6-3)26-21-16-14-13-15-17-22-26/h14,16,21H,4-13,15,17-20,22-25H2,1-3H3. The summed E-state index contributed by atoms with van der Waals surface area (Å²) >= 11 is 0. The Balaban J connectivity index is 2.86. The van der Waals surface area contributed by atoms with Crippen LogP contribution in [0.3, 0.4) is 0 Å². The zero-order valence-corrected chi connectivity index (χ0v) is 21.4. The smallest absolute Gasteiger partial charge is 0.370 e. The Morgan fingerprint density at radius 1 is 0.667 bits per heavy atom. The third kappa shape index (κ3) is 12.4. The molecule has 0 saturated carbocycles. The van der Waals surface area contributed by atoms with Gasteiger partial charge in [-0.1, -0.05) is 96.8 Å². The largest absolute Gasteiger partial charge is 0.532 e. The topological polar surface area (TPSA) is 27.7 Å². The second kappa shape index (κ2) is 19.3. The first kappa shape index (κ1) is 27.6. The number of unbranched alkanes of at least 4 members (excludes halogenated alkanes) is 9. The van der Waals surface area contributed by atoms with Crippen LogP contribution in [-0.4, -0.2) is 28.6 Å². The van der Waals surface area contributed by atoms with Gasteiger partial charge < -0.3 is 13.3 Å². The van der Waals surface area contributed by atoms with Crippen molar-refractivity contribution in [1.29, 1.82) is 0 Å². The van der Waals surface area contributed by atoms with E-state index in [4.69, 9.17) is 13.3 Å². The van der Waals surface area contributed by atoms with E-state index in [1.807, 2.05) is 0 Å². The number of rotatable bonds is 19. The minimum absolute atomic E-state index is 0.761. The molecule has 0 spiro atoms. The third-order valence-electron chi connectivity index (χ3n) is 5.76. The summed E-state index contributed by atoms with van der Waals surface area (Å²) in [5, 5.41) is 1.31. The molecule has 0 aromatic heterocycles. The summed E-state index contributed by atoms with van der Waals surface area (Å²) in [7, 11) is -2.82. The van der Waals surface area contributed by atoms with Gasteiger partial charge >= 0.3 is 8.80 Å². The Bertz CT molecular complexity index is 412. The molecule has 0 saturated heterocycles. The maximum atomic E-state index is 6.62. The van der Waals surface area contributed by atoms with Crippen molar-refractivity contribution in [2.75, 3.05) is 19.8 Å². The van der Waals surface area contributed by atoms with Crippen LogP contribution in [0.4, 0.5) is 0 Å². The van der Waals surface area contributed by atoms with E-state index in [-0.39, 0.29) is 0 Å². The van der Waals surface area contributed by atoms with Crippen LogP contribution < -0.4 is 0 Å². The Kier molecular flexibility index (Phi) is 17.7. The van der Waals surface area contributed by atoms with E-state index >= 15 is 0 Å². The molecule has 0 fully saturated rings. The van der Waals surface area contributed by atoms with Crippen molar-refractivity contribution in [2.24, 2.45) is 0 Å². The Labute approximate surface area is 189 Å². The van der Waals surface area contributed by atoms with Gasteiger partial charge in [0.15, 0.2) is 0 Å². The quantitative estimate of drug-likeness (QED) is 0.150. The predicted octanol–water partition coefficient (Wildman–Crippen LogP) is 8.31. The highest BCUT2D eigenvalue weighted by atomic mass is 28.4. The first-order chi connectivity index (χ1) is 14.8. The highest BCUT2D eigenvalue weighted by Gasteiger charge is 2.45. The van der Waals surface area contributed by atoms with Gasteiger partial charge in [-0.2, -0.15) is 0 Å². The first-order valence-corrected chi connectivity index (χ1v) is 14.8. The van der Waals surface area contributed by atoms with Crippen molar-refractivity contribution in [3.8, 4) is 0 Å². The van der Waals surface area contributed by atoms with Crippen molar-refractivity contribution in [2.45, 2.75) is 124 Å². The van der Waals surface area contributed by atoms with Crippen LogP contribution in [0.1, 0.15) is 124 Å². The van der Waals surface area contributed by atoms with Gasteiger partial charge in [-0.25, -0.2) is 0 Å². The lowest BCUT2D eigenvalue weighted by atomic mass is 10.1. The van der Waals surface area contributed by atoms with Gasteiger partial charge in [0.05, 0.1) is 0 Å². The molecule has 0 aromatic carbocycles. The molecule has 0 heterocycles. The summed E-state index contributed by atoms with van der Waals surface area (Å²) in [4.78, 5) is 0. The molecule has 0 bridgehead atoms. The molecule has 0 aliphatic heterocycles. The second-order valence-corrected chi connectivity index (χ2v) is 11.3. The van der Waals surface area contributed by atoms with Gasteiger partial charge in [0.25, 0.3) is 0 Å². The molecule has 30 heavy (non-hydrogen) atoms. The molecule has 0 amide bonds. The lowest BCUT2D eigenvalue weighted by molar-refractivity contribution is 0.0631. The van der Waals surface area contributed by atoms with E-state index in [1.54, 1.807) is 0 Å². The molecule has 1 aliphatic rings. The van der Waals surface area contributed by atoms with Gasteiger partial charge in [0.2, 0.25) is 0 Å². The Hall–Kier alpha value is -0.423. The SMILES string of the molecule is CCCCCCO[Si](OCCCCCC)(OCCCCCC)C1=CC=CCCCC1. The molecule has 0 N–H and O–H groups in total. The molecule has 0 aromatic rings. The van der Waals surface area contributed by atoms with E-state index < -0.39 is 8.80 Å². The molecule has 0 unspecified atom stereocenters. The van der Waals surface area contributed by atoms with Crippen LogP contribution in [0.25, 0.3) is 0 Å². The molecule has 0 atom stereocenters. The molecule has 1 aliphatic carbocycles. The zero-order valence-electron chi connectivity index (χ0n) is 20.4. The number of hydrogen-bond acceptors (Lipinski definition) is 3. The fraction of sp³-hybridized carbons (Fsp3) is 0.846. The summed E-state index contributed by atoms with van der Waals surface area (Å²) in [6.07, 6.45) is 26.0. The van der Waals surface area contributed by atoms with E-state index in [9.17, 15) is 0 Å². The van der Waals surface area contributed by atoms with Crippen LogP contribution in [0.2, 0.25) is 0 Å². The van der Waals surface area contributed by atoms with Crippen LogP contribution in [-0.2, 0) is 13.3 Å². The minimum atomic E-state index is -2.82. The summed E-state index contributed by atoms with van der Waals surface area (Å²) in [5.41, 5.74) is 0. The molecule has 4 heteroatoms. The highest BCUT2D eigenvalue weighted by Crippen LogP contribution is 2.28. The predicted molar refractivity (Wildman–Crippen MR) is 132 cm³/mol. The van der Waals surface area contributed by atoms with Gasteiger partial charge in [-0.15, -0.1) is 0 Å². The van der Waals surface area contributed by atoms with E-state index in [2.05, 4.69) is 39.0 Å². The molecule has 1 rings (SSSR count). The fourth-order valence-electron chi connectivity index (χ4n) is 3.81. The molecule has 176 valence electrons. The van der Waals surface area contributed by atoms with Crippen molar-refractivity contribution in [1.82, 2.24) is 0 Å². The van der Waals surface area contributed by atoms with Gasteiger partial charge in [0.1, 0.15) is 0 Å². The van der Waals surface area contributed by atoms with Crippen LogP contribution in [0.5, 0.6) is 0 Å². The third-order valence-corrected chi connectivity index (χ3v) is 8.72. The second-order valence-electron chi connectivity index (χ2n) is 8.65. The van der Waals surface area contributed by atoms with Crippen molar-refractivity contribution < 1.29 is 13.3 Å². The van der Waals surface area contributed by atoms with Crippen LogP contribution in [0.15, 0.2) is 23.4 Å². The number of allylic oxidation sites excluding steroid dienone is 4. The van der Waals surface area contributed by atoms with Crippen LogP contribution >= 0.6 is 0 Å². The van der Waals surface area contributed by atoms with Crippen molar-refractivity contribution in [3.63, 3.8) is 0 Å². The van der Waals surface area contributed by atoms with Gasteiger partial charge in [-0.05, 0) is 44.9 Å². The molecule has 0 radical (unpaired) electrons. The average molecular weight is 439 g/mol. The average Bonchev–Trinajstić information content (AvgIpc) is 2.72. The van der Waals surface area contributed by atoms with Crippen LogP contribution in [0, 0.1) is 0 Å². The van der Waals surface area contributed by atoms with E-state index in [0.29, 0.717) is 0 Å². The maximum absolute atomic E-state index is 6.62. The minimum Gasteiger partial charge on any atom is -0.370 e. The lowest BCUT2D eigenvalue weighted by Crippen LogP contribution is -2.49. The Morgan fingerprint density at radius 3 is 1.63 bits per heavy atom. The highest BCUT2D eigenvalue weighted by molar-refractivity contribution is 6.68. The summed E-state index contributed by atoms with van der Waals surface area (Å²) < 4.78 is 19.9. The first-order valence-electron chi connectivity index (χ1n) is 13.1. The Morgan fingerprint density at radius 2 is 1.17 bits per heavy atom. The fourth-order valence-corrected chi connectivity index (χ4v) is 6.63. The molecular weight excluding hydrogens is 388 g/mol. The monoisotopic (exact) mass is 438 g/mol. The lowest BCUT2D eigenvalue weighted by Gasteiger charge is -2.32. The number of hydrogen-bond donors (Lipinski definition) is 0. The molecular formula is C26H50O3Si. The summed E-state index contributed by atoms with van der Waals surface area (Å²) in [6.45, 7) is 9.05. The van der Waals surface area contributed by atoms with Crippen molar-refractivity contribution >= 4 is 8.80 Å². The van der Waals surface area contributed by atoms with Gasteiger partial charge in [0, 0.05) is 25.0 Å². The summed E-state index contributed by atoms with van der Waals surface area (Å²) in [5.74, 6) is 0. The normalized spacial score (nSPS) is 15.1. The van der Waals surface area contributed by atoms with E-state index in [0.717, 1.165) is 45.5 Å². The van der Waals surface area contributed by atoms with Gasteiger partial charge in [-0.3, -0.25) is 0 Å². The van der Waals surface area contributed by atoms with E-state index in [1.165, 1.54) is 82.2 Å². The molecule has 3 nitrogen and oxygen atoms in total. The summed E-state index contributed by atoms with van der Waals surface area (Å²) in [6, 6.07) is 0. The maximum Gasteiger partial charge on any atom is 0.532 e.